The predicted octanol–water partition coefficient (Wildman–Crippen LogP) is 4.75. The minimum atomic E-state index is -2.81. The van der Waals surface area contributed by atoms with Crippen LogP contribution in [0.2, 0.25) is 5.02 Å². The van der Waals surface area contributed by atoms with Crippen molar-refractivity contribution in [2.45, 2.75) is 39.2 Å². The fourth-order valence-corrected chi connectivity index (χ4v) is 3.34. The zero-order valence-corrected chi connectivity index (χ0v) is 16.6. The van der Waals surface area contributed by atoms with Crippen molar-refractivity contribution in [2.75, 3.05) is 6.61 Å². The Morgan fingerprint density at radius 3 is 2.75 bits per heavy atom. The highest BCUT2D eigenvalue weighted by Gasteiger charge is 2.24. The molecule has 150 valence electrons. The van der Waals surface area contributed by atoms with Crippen LogP contribution in [0.25, 0.3) is 22.4 Å². The van der Waals surface area contributed by atoms with Gasteiger partial charge in [-0.3, -0.25) is 5.10 Å². The highest BCUT2D eigenvalue weighted by atomic mass is 35.5. The quantitative estimate of drug-likeness (QED) is 0.587. The number of aromatic nitrogens is 4. The Bertz CT molecular complexity index is 974. The van der Waals surface area contributed by atoms with Crippen molar-refractivity contribution in [3.63, 3.8) is 0 Å². The van der Waals surface area contributed by atoms with Crippen LogP contribution in [0.4, 0.5) is 8.78 Å². The molecule has 0 aliphatic rings. The number of rotatable bonds is 7. The highest BCUT2D eigenvalue weighted by molar-refractivity contribution is 6.31. The topological polar surface area (TPSA) is 89.7 Å². The first-order chi connectivity index (χ1) is 13.2. The fourth-order valence-electron chi connectivity index (χ4n) is 3.18. The average molecular weight is 410 g/mol. The summed E-state index contributed by atoms with van der Waals surface area (Å²) in [7, 11) is 0. The molecular formula is C19H22ClF2N5O. The molecule has 3 N–H and O–H groups in total. The third-order valence-corrected chi connectivity index (χ3v) is 4.36. The van der Waals surface area contributed by atoms with E-state index in [0.717, 1.165) is 0 Å². The Kier molecular flexibility index (Phi) is 5.81. The maximum absolute atomic E-state index is 13.6. The lowest BCUT2D eigenvalue weighted by Gasteiger charge is -2.27. The third kappa shape index (κ3) is 4.56. The molecule has 0 fully saturated rings. The molecule has 0 aliphatic carbocycles. The minimum absolute atomic E-state index is 0.0131. The van der Waals surface area contributed by atoms with Crippen molar-refractivity contribution >= 4 is 22.6 Å². The van der Waals surface area contributed by atoms with Gasteiger partial charge in [0, 0.05) is 17.1 Å². The van der Waals surface area contributed by atoms with Gasteiger partial charge in [0.05, 0.1) is 16.4 Å². The first-order valence-corrected chi connectivity index (χ1v) is 9.25. The number of ether oxygens (including phenoxy) is 1. The molecule has 3 heterocycles. The number of hydrogen-bond acceptors (Lipinski definition) is 5. The lowest BCUT2D eigenvalue weighted by atomic mass is 9.93. The monoisotopic (exact) mass is 409 g/mol. The van der Waals surface area contributed by atoms with Gasteiger partial charge in [-0.1, -0.05) is 25.4 Å². The molecule has 1 atom stereocenters. The lowest BCUT2D eigenvalue weighted by molar-refractivity contribution is 0.134. The lowest BCUT2D eigenvalue weighted by Crippen LogP contribution is -2.43. The van der Waals surface area contributed by atoms with E-state index in [4.69, 9.17) is 22.1 Å². The van der Waals surface area contributed by atoms with Gasteiger partial charge in [0.2, 0.25) is 0 Å². The first-order valence-electron chi connectivity index (χ1n) is 8.87. The molecule has 0 bridgehead atoms. The van der Waals surface area contributed by atoms with Gasteiger partial charge in [-0.05, 0) is 37.5 Å². The number of nitrogens with one attached hydrogen (secondary N) is 1. The van der Waals surface area contributed by atoms with E-state index in [0.29, 0.717) is 39.8 Å². The molecule has 3 aromatic heterocycles. The van der Waals surface area contributed by atoms with Crippen molar-refractivity contribution in [1.29, 1.82) is 0 Å². The van der Waals surface area contributed by atoms with Gasteiger partial charge in [-0.15, -0.1) is 0 Å². The Morgan fingerprint density at radius 1 is 1.32 bits per heavy atom. The van der Waals surface area contributed by atoms with E-state index in [-0.39, 0.29) is 12.4 Å². The van der Waals surface area contributed by atoms with Crippen molar-refractivity contribution in [2.24, 2.45) is 11.7 Å². The third-order valence-electron chi connectivity index (χ3n) is 4.16. The average Bonchev–Trinajstić information content (AvgIpc) is 3.01. The van der Waals surface area contributed by atoms with E-state index in [1.807, 2.05) is 20.8 Å². The van der Waals surface area contributed by atoms with Crippen LogP contribution < -0.4 is 10.5 Å². The Balaban J connectivity index is 1.92. The SMILES string of the molecule is CC(C)C[C@](C)(N)COc1ccc(-c2[nH]nc3ncc(Cl)cc23)nc1C(F)F. The first kappa shape index (κ1) is 20.4. The van der Waals surface area contributed by atoms with Crippen molar-refractivity contribution in [1.82, 2.24) is 20.2 Å². The Hall–Kier alpha value is -2.32. The number of halogens is 3. The van der Waals surface area contributed by atoms with Gasteiger partial charge in [0.15, 0.2) is 5.65 Å². The number of H-pyrrole nitrogens is 1. The van der Waals surface area contributed by atoms with Gasteiger partial charge in [-0.25, -0.2) is 18.7 Å². The summed E-state index contributed by atoms with van der Waals surface area (Å²) < 4.78 is 32.9. The number of nitrogens with zero attached hydrogens (tertiary/aromatic N) is 3. The molecule has 0 aliphatic heterocycles. The molecule has 3 rings (SSSR count). The molecule has 3 aromatic rings. The van der Waals surface area contributed by atoms with E-state index in [2.05, 4.69) is 20.2 Å². The number of alkyl halides is 2. The summed E-state index contributed by atoms with van der Waals surface area (Å²) in [6.07, 6.45) is -0.638. The molecule has 6 nitrogen and oxygen atoms in total. The molecule has 0 saturated carbocycles. The summed E-state index contributed by atoms with van der Waals surface area (Å²) in [5, 5.41) is 7.85. The van der Waals surface area contributed by atoms with Crippen LogP contribution in [0, 0.1) is 5.92 Å². The maximum Gasteiger partial charge on any atom is 0.284 e. The zero-order valence-electron chi connectivity index (χ0n) is 15.8. The number of fused-ring (bicyclic) bond motifs is 1. The van der Waals surface area contributed by atoms with Crippen LogP contribution in [0.5, 0.6) is 5.75 Å². The van der Waals surface area contributed by atoms with Crippen molar-refractivity contribution in [3.8, 4) is 17.1 Å². The zero-order chi connectivity index (χ0) is 20.5. The number of pyridine rings is 2. The van der Waals surface area contributed by atoms with E-state index < -0.39 is 17.7 Å². The van der Waals surface area contributed by atoms with Gasteiger partial charge in [0.1, 0.15) is 18.1 Å². The van der Waals surface area contributed by atoms with Crippen LogP contribution in [-0.4, -0.2) is 32.3 Å². The van der Waals surface area contributed by atoms with Crippen molar-refractivity contribution in [3.05, 3.63) is 35.1 Å². The van der Waals surface area contributed by atoms with E-state index in [1.54, 1.807) is 12.1 Å². The van der Waals surface area contributed by atoms with Crippen LogP contribution in [0.1, 0.15) is 39.3 Å². The normalized spacial score (nSPS) is 14.0. The van der Waals surface area contributed by atoms with Gasteiger partial charge >= 0.3 is 0 Å². The molecule has 0 radical (unpaired) electrons. The molecule has 9 heteroatoms. The summed E-state index contributed by atoms with van der Waals surface area (Å²) in [6, 6.07) is 4.72. The van der Waals surface area contributed by atoms with E-state index >= 15 is 0 Å². The second-order valence-electron chi connectivity index (χ2n) is 7.54. The van der Waals surface area contributed by atoms with Crippen LogP contribution in [0.15, 0.2) is 24.4 Å². The summed E-state index contributed by atoms with van der Waals surface area (Å²) in [4.78, 5) is 8.19. The van der Waals surface area contributed by atoms with Crippen LogP contribution >= 0.6 is 11.6 Å². The summed E-state index contributed by atoms with van der Waals surface area (Å²) >= 11 is 5.99. The standard InChI is InChI=1S/C19H22ClF2N5O/c1-10(2)7-19(3,23)9-28-14-5-4-13(25-16(14)17(21)22)15-12-6-11(20)8-24-18(12)27-26-15/h4-6,8,10,17H,7,9,23H2,1-3H3,(H,24,26,27)/t19-/m0/s1. The molecule has 0 amide bonds. The fraction of sp³-hybridized carbons (Fsp3) is 0.421. The molecule has 0 aromatic carbocycles. The van der Waals surface area contributed by atoms with Crippen LogP contribution in [-0.2, 0) is 0 Å². The summed E-state index contributed by atoms with van der Waals surface area (Å²) in [5.74, 6) is 0.377. The number of hydrogen-bond donors (Lipinski definition) is 2. The largest absolute Gasteiger partial charge is 0.490 e. The molecular weight excluding hydrogens is 388 g/mol. The van der Waals surface area contributed by atoms with E-state index in [1.165, 1.54) is 12.3 Å². The Labute approximate surface area is 166 Å². The maximum atomic E-state index is 13.6. The van der Waals surface area contributed by atoms with Gasteiger partial charge in [-0.2, -0.15) is 5.10 Å². The summed E-state index contributed by atoms with van der Waals surface area (Å²) in [5.41, 5.74) is 6.31. The molecule has 28 heavy (non-hydrogen) atoms. The smallest absolute Gasteiger partial charge is 0.284 e. The van der Waals surface area contributed by atoms with Crippen molar-refractivity contribution < 1.29 is 13.5 Å². The molecule has 0 unspecified atom stereocenters. The Morgan fingerprint density at radius 2 is 2.07 bits per heavy atom. The molecule has 0 spiro atoms. The van der Waals surface area contributed by atoms with Gasteiger partial charge in [0.25, 0.3) is 6.43 Å². The second-order valence-corrected chi connectivity index (χ2v) is 7.98. The highest BCUT2D eigenvalue weighted by Crippen LogP contribution is 2.33. The minimum Gasteiger partial charge on any atom is -0.490 e. The van der Waals surface area contributed by atoms with Gasteiger partial charge < -0.3 is 10.5 Å². The number of nitrogens with two attached hydrogens (primary N) is 1. The van der Waals surface area contributed by atoms with Crippen LogP contribution in [0.3, 0.4) is 0 Å². The second kappa shape index (κ2) is 7.97. The van der Waals surface area contributed by atoms with E-state index in [9.17, 15) is 8.78 Å². The summed E-state index contributed by atoms with van der Waals surface area (Å²) in [6.45, 7) is 6.03. The predicted molar refractivity (Wildman–Crippen MR) is 105 cm³/mol. The molecule has 0 saturated heterocycles. The number of aromatic amines is 1.